The third kappa shape index (κ3) is 3.99. The van der Waals surface area contributed by atoms with E-state index in [1.165, 1.54) is 28.8 Å². The summed E-state index contributed by atoms with van der Waals surface area (Å²) in [5, 5.41) is 2.68. The Morgan fingerprint density at radius 1 is 1.28 bits per heavy atom. The van der Waals surface area contributed by atoms with Gasteiger partial charge in [-0.2, -0.15) is 4.31 Å². The van der Waals surface area contributed by atoms with Crippen molar-refractivity contribution in [2.45, 2.75) is 23.8 Å². The van der Waals surface area contributed by atoms with E-state index in [2.05, 4.69) is 9.72 Å². The number of rotatable bonds is 5. The molecule has 3 heterocycles. The molecule has 1 aromatic carbocycles. The molecule has 1 aliphatic rings. The number of ether oxygens (including phenoxy) is 2. The zero-order valence-corrected chi connectivity index (χ0v) is 18.5. The monoisotopic (exact) mass is 472 g/mol. The van der Waals surface area contributed by atoms with E-state index < -0.39 is 16.0 Å². The first-order chi connectivity index (χ1) is 13.9. The molecule has 0 aliphatic carbocycles. The number of para-hydroxylation sites is 1. The molecule has 0 bridgehead atoms. The van der Waals surface area contributed by atoms with Gasteiger partial charge in [-0.25, -0.2) is 18.2 Å². The van der Waals surface area contributed by atoms with Crippen LogP contribution in [0.1, 0.15) is 22.5 Å². The van der Waals surface area contributed by atoms with Crippen molar-refractivity contribution in [1.82, 2.24) is 9.29 Å². The topological polar surface area (TPSA) is 85.8 Å². The average Bonchev–Trinajstić information content (AvgIpc) is 3.36. The Morgan fingerprint density at radius 3 is 2.72 bits per heavy atom. The summed E-state index contributed by atoms with van der Waals surface area (Å²) in [6, 6.07) is 7.02. The van der Waals surface area contributed by atoms with Gasteiger partial charge in [0.25, 0.3) is 5.19 Å². The minimum atomic E-state index is -3.77. The second-order valence-corrected chi connectivity index (χ2v) is 10.6. The lowest BCUT2D eigenvalue weighted by atomic mass is 10.1. The summed E-state index contributed by atoms with van der Waals surface area (Å²) in [5.41, 5.74) is 0.710. The number of sulfonamides is 1. The molecule has 0 atom stereocenters. The van der Waals surface area contributed by atoms with E-state index in [0.717, 1.165) is 16.0 Å². The highest BCUT2D eigenvalue weighted by molar-refractivity contribution is 7.89. The third-order valence-electron chi connectivity index (χ3n) is 4.64. The van der Waals surface area contributed by atoms with E-state index in [9.17, 15) is 13.2 Å². The van der Waals surface area contributed by atoms with Gasteiger partial charge in [-0.1, -0.05) is 29.0 Å². The standard InChI is InChI=1S/C18H17ClN2O5S3/c1-25-17(22)16-14(7-10-27-16)29(23,24)21-8-5-11(6-9-21)26-18-20-15-12(19)3-2-4-13(15)28-18/h2-4,7,10-11H,5-6,8-9H2,1H3. The third-order valence-corrected chi connectivity index (χ3v) is 8.82. The number of benzene rings is 1. The zero-order chi connectivity index (χ0) is 20.6. The summed E-state index contributed by atoms with van der Waals surface area (Å²) in [6.45, 7) is 0.601. The minimum Gasteiger partial charge on any atom is -0.467 e. The van der Waals surface area contributed by atoms with E-state index in [4.69, 9.17) is 16.3 Å². The van der Waals surface area contributed by atoms with Crippen molar-refractivity contribution >= 4 is 60.5 Å². The van der Waals surface area contributed by atoms with Crippen molar-refractivity contribution in [1.29, 1.82) is 0 Å². The van der Waals surface area contributed by atoms with Gasteiger partial charge in [0.2, 0.25) is 10.0 Å². The molecule has 1 fully saturated rings. The first-order valence-electron chi connectivity index (χ1n) is 8.78. The Kier molecular flexibility index (Phi) is 5.80. The number of esters is 1. The maximum Gasteiger partial charge on any atom is 0.349 e. The molecule has 29 heavy (non-hydrogen) atoms. The molecular weight excluding hydrogens is 456 g/mol. The fourth-order valence-corrected chi connectivity index (χ4v) is 7.12. The molecular formula is C18H17ClN2O5S3. The first kappa shape index (κ1) is 20.5. The quantitative estimate of drug-likeness (QED) is 0.521. The smallest absolute Gasteiger partial charge is 0.349 e. The summed E-state index contributed by atoms with van der Waals surface area (Å²) in [5.74, 6) is -0.647. The highest BCUT2D eigenvalue weighted by Gasteiger charge is 2.34. The second kappa shape index (κ2) is 8.19. The molecule has 0 radical (unpaired) electrons. The van der Waals surface area contributed by atoms with Crippen LogP contribution in [0.25, 0.3) is 10.2 Å². The van der Waals surface area contributed by atoms with Crippen molar-refractivity contribution in [2.75, 3.05) is 20.2 Å². The van der Waals surface area contributed by atoms with E-state index in [0.29, 0.717) is 41.7 Å². The number of thiazole rings is 1. The van der Waals surface area contributed by atoms with Gasteiger partial charge in [-0.15, -0.1) is 11.3 Å². The Balaban J connectivity index is 1.44. The molecule has 1 aliphatic heterocycles. The zero-order valence-electron chi connectivity index (χ0n) is 15.3. The number of carbonyl (C=O) groups excluding carboxylic acids is 1. The van der Waals surface area contributed by atoms with Crippen molar-refractivity contribution < 1.29 is 22.7 Å². The van der Waals surface area contributed by atoms with Crippen molar-refractivity contribution in [3.05, 3.63) is 39.5 Å². The lowest BCUT2D eigenvalue weighted by Crippen LogP contribution is -2.41. The van der Waals surface area contributed by atoms with Crippen LogP contribution in [-0.2, 0) is 14.8 Å². The second-order valence-electron chi connectivity index (χ2n) is 6.39. The fourth-order valence-electron chi connectivity index (χ4n) is 3.16. The number of hydrogen-bond acceptors (Lipinski definition) is 8. The Labute approximate surface area is 180 Å². The molecule has 0 spiro atoms. The number of aromatic nitrogens is 1. The highest BCUT2D eigenvalue weighted by Crippen LogP contribution is 2.34. The van der Waals surface area contributed by atoms with Crippen LogP contribution in [0.4, 0.5) is 0 Å². The van der Waals surface area contributed by atoms with Crippen LogP contribution in [0, 0.1) is 0 Å². The number of methoxy groups -OCH3 is 1. The van der Waals surface area contributed by atoms with Crippen LogP contribution in [0.5, 0.6) is 5.19 Å². The lowest BCUT2D eigenvalue weighted by Gasteiger charge is -2.30. The molecule has 1 saturated heterocycles. The van der Waals surface area contributed by atoms with Crippen LogP contribution in [0.2, 0.25) is 5.02 Å². The number of carbonyl (C=O) groups is 1. The van der Waals surface area contributed by atoms with Gasteiger partial charge in [0.05, 0.1) is 16.8 Å². The number of halogens is 1. The van der Waals surface area contributed by atoms with Gasteiger partial charge in [-0.3, -0.25) is 0 Å². The Bertz CT molecular complexity index is 1150. The summed E-state index contributed by atoms with van der Waals surface area (Å²) in [7, 11) is -2.54. The summed E-state index contributed by atoms with van der Waals surface area (Å²) < 4.78 is 38.9. The normalized spacial score (nSPS) is 16.2. The highest BCUT2D eigenvalue weighted by atomic mass is 35.5. The molecule has 7 nitrogen and oxygen atoms in total. The van der Waals surface area contributed by atoms with Crippen LogP contribution in [0.3, 0.4) is 0 Å². The summed E-state index contributed by atoms with van der Waals surface area (Å²) in [4.78, 5) is 16.4. The van der Waals surface area contributed by atoms with Gasteiger partial charge in [0.15, 0.2) is 0 Å². The Hall–Kier alpha value is -1.72. The predicted octanol–water partition coefficient (Wildman–Crippen LogP) is 4.03. The van der Waals surface area contributed by atoms with Crippen LogP contribution in [-0.4, -0.2) is 50.0 Å². The molecule has 0 N–H and O–H groups in total. The van der Waals surface area contributed by atoms with Gasteiger partial charge >= 0.3 is 5.97 Å². The molecule has 0 unspecified atom stereocenters. The number of thiophene rings is 1. The maximum absolute atomic E-state index is 13.0. The molecule has 3 aromatic rings. The molecule has 11 heteroatoms. The van der Waals surface area contributed by atoms with Crippen LogP contribution in [0.15, 0.2) is 34.5 Å². The maximum atomic E-state index is 13.0. The van der Waals surface area contributed by atoms with Crippen molar-refractivity contribution in [2.24, 2.45) is 0 Å². The van der Waals surface area contributed by atoms with E-state index >= 15 is 0 Å². The van der Waals surface area contributed by atoms with Crippen LogP contribution >= 0.6 is 34.3 Å². The van der Waals surface area contributed by atoms with E-state index in [1.807, 2.05) is 12.1 Å². The largest absolute Gasteiger partial charge is 0.467 e. The predicted molar refractivity (Wildman–Crippen MR) is 113 cm³/mol. The van der Waals surface area contributed by atoms with E-state index in [-0.39, 0.29) is 15.9 Å². The van der Waals surface area contributed by atoms with Crippen LogP contribution < -0.4 is 4.74 Å². The van der Waals surface area contributed by atoms with Gasteiger partial charge in [0, 0.05) is 13.1 Å². The fraction of sp³-hybridized carbons (Fsp3) is 0.333. The molecule has 0 amide bonds. The average molecular weight is 473 g/mol. The number of nitrogens with zero attached hydrogens (tertiary/aromatic N) is 2. The summed E-state index contributed by atoms with van der Waals surface area (Å²) in [6.07, 6.45) is 0.921. The SMILES string of the molecule is COC(=O)c1sccc1S(=O)(=O)N1CCC(Oc2nc3c(Cl)cccc3s2)CC1. The van der Waals surface area contributed by atoms with Gasteiger partial charge in [-0.05, 0) is 36.4 Å². The van der Waals surface area contributed by atoms with Crippen molar-refractivity contribution in [3.8, 4) is 5.19 Å². The van der Waals surface area contributed by atoms with E-state index in [1.54, 1.807) is 11.4 Å². The lowest BCUT2D eigenvalue weighted by molar-refractivity contribution is 0.0602. The summed E-state index contributed by atoms with van der Waals surface area (Å²) >= 11 is 8.63. The molecule has 154 valence electrons. The van der Waals surface area contributed by atoms with Gasteiger partial charge in [0.1, 0.15) is 21.4 Å². The molecule has 0 saturated carbocycles. The van der Waals surface area contributed by atoms with Crippen molar-refractivity contribution in [3.63, 3.8) is 0 Å². The minimum absolute atomic E-state index is 0.00506. The first-order valence-corrected chi connectivity index (χ1v) is 12.3. The number of fused-ring (bicyclic) bond motifs is 1. The number of hydrogen-bond donors (Lipinski definition) is 0. The molecule has 4 rings (SSSR count). The number of piperidine rings is 1. The Morgan fingerprint density at radius 2 is 2.03 bits per heavy atom. The molecule has 2 aromatic heterocycles. The van der Waals surface area contributed by atoms with Gasteiger partial charge < -0.3 is 9.47 Å².